The van der Waals surface area contributed by atoms with Gasteiger partial charge in [0.15, 0.2) is 17.3 Å². The lowest BCUT2D eigenvalue weighted by atomic mass is 10.1. The van der Waals surface area contributed by atoms with Gasteiger partial charge in [-0.25, -0.2) is 0 Å². The van der Waals surface area contributed by atoms with Gasteiger partial charge < -0.3 is 14.8 Å². The maximum atomic E-state index is 12.2. The number of carbonyl (C=O) groups excluding carboxylic acids is 1. The first-order valence-corrected chi connectivity index (χ1v) is 7.80. The minimum atomic E-state index is -0.117. The Balaban J connectivity index is 2.09. The smallest absolute Gasteiger partial charge is 0.187 e. The molecule has 0 atom stereocenters. The first-order valence-electron chi connectivity index (χ1n) is 7.00. The van der Waals surface area contributed by atoms with Gasteiger partial charge >= 0.3 is 0 Å². The number of benzene rings is 2. The predicted molar refractivity (Wildman–Crippen MR) is 95.5 cm³/mol. The van der Waals surface area contributed by atoms with E-state index in [0.717, 1.165) is 15.7 Å². The number of ether oxygens (including phenoxy) is 2. The first kappa shape index (κ1) is 17.1. The van der Waals surface area contributed by atoms with Gasteiger partial charge in [-0.05, 0) is 48.9 Å². The van der Waals surface area contributed by atoms with Crippen molar-refractivity contribution < 1.29 is 14.3 Å². The second-order valence-corrected chi connectivity index (χ2v) is 5.79. The van der Waals surface area contributed by atoms with E-state index in [0.29, 0.717) is 17.1 Å². The fourth-order valence-corrected chi connectivity index (χ4v) is 2.56. The average molecular weight is 376 g/mol. The molecule has 2 aromatic rings. The molecule has 0 heterocycles. The van der Waals surface area contributed by atoms with Gasteiger partial charge in [0.25, 0.3) is 0 Å². The van der Waals surface area contributed by atoms with E-state index in [1.54, 1.807) is 38.6 Å². The molecule has 4 nitrogen and oxygen atoms in total. The van der Waals surface area contributed by atoms with E-state index >= 15 is 0 Å². The summed E-state index contributed by atoms with van der Waals surface area (Å²) in [6, 6.07) is 11.0. The van der Waals surface area contributed by atoms with Crippen LogP contribution in [0.1, 0.15) is 15.9 Å². The molecule has 0 fully saturated rings. The zero-order valence-electron chi connectivity index (χ0n) is 13.2. The van der Waals surface area contributed by atoms with Crippen molar-refractivity contribution in [3.05, 3.63) is 64.3 Å². The van der Waals surface area contributed by atoms with Crippen LogP contribution >= 0.6 is 15.9 Å². The third-order valence-electron chi connectivity index (χ3n) is 3.33. The summed E-state index contributed by atoms with van der Waals surface area (Å²) in [5.41, 5.74) is 2.57. The van der Waals surface area contributed by atoms with Crippen LogP contribution in [0.4, 0.5) is 5.69 Å². The third-order valence-corrected chi connectivity index (χ3v) is 3.82. The van der Waals surface area contributed by atoms with E-state index < -0.39 is 0 Å². The second kappa shape index (κ2) is 7.83. The van der Waals surface area contributed by atoms with Crippen molar-refractivity contribution in [1.29, 1.82) is 0 Å². The van der Waals surface area contributed by atoms with E-state index in [4.69, 9.17) is 9.47 Å². The van der Waals surface area contributed by atoms with Crippen LogP contribution < -0.4 is 14.8 Å². The van der Waals surface area contributed by atoms with Gasteiger partial charge in [0.1, 0.15) is 0 Å². The Bertz CT molecular complexity index is 741. The highest BCUT2D eigenvalue weighted by atomic mass is 79.9. The normalized spacial score (nSPS) is 10.6. The number of anilines is 1. The number of ketones is 1. The Hall–Kier alpha value is -2.27. The molecule has 0 aliphatic rings. The molecule has 0 spiro atoms. The molecule has 2 rings (SSSR count). The van der Waals surface area contributed by atoms with Crippen molar-refractivity contribution in [2.75, 3.05) is 19.5 Å². The van der Waals surface area contributed by atoms with E-state index in [-0.39, 0.29) is 5.78 Å². The first-order chi connectivity index (χ1) is 11.0. The summed E-state index contributed by atoms with van der Waals surface area (Å²) in [5.74, 6) is 1.01. The Labute approximate surface area is 144 Å². The van der Waals surface area contributed by atoms with E-state index in [1.165, 1.54) is 6.08 Å². The maximum Gasteiger partial charge on any atom is 0.187 e. The zero-order valence-corrected chi connectivity index (χ0v) is 14.8. The van der Waals surface area contributed by atoms with E-state index in [2.05, 4.69) is 21.2 Å². The van der Waals surface area contributed by atoms with E-state index in [9.17, 15) is 4.79 Å². The maximum absolute atomic E-state index is 12.2. The van der Waals surface area contributed by atoms with Gasteiger partial charge in [0.05, 0.1) is 14.2 Å². The summed E-state index contributed by atoms with van der Waals surface area (Å²) < 4.78 is 11.4. The molecule has 120 valence electrons. The minimum absolute atomic E-state index is 0.117. The van der Waals surface area contributed by atoms with Crippen LogP contribution in [0.25, 0.3) is 0 Å². The van der Waals surface area contributed by atoms with Gasteiger partial charge in [-0.15, -0.1) is 0 Å². The third kappa shape index (κ3) is 4.36. The summed E-state index contributed by atoms with van der Waals surface area (Å²) in [6.07, 6.45) is 3.12. The predicted octanol–water partition coefficient (Wildman–Crippen LogP) is 4.58. The number of allylic oxidation sites excluding steroid dienone is 1. The SMILES string of the molecule is COc1ccc(C(=O)/C=C/Nc2ccc(Br)cc2C)cc1OC. The van der Waals surface area contributed by atoms with Crippen molar-refractivity contribution >= 4 is 27.4 Å². The molecule has 23 heavy (non-hydrogen) atoms. The van der Waals surface area contributed by atoms with Crippen LogP contribution in [0.15, 0.2) is 53.1 Å². The fraction of sp³-hybridized carbons (Fsp3) is 0.167. The molecule has 0 saturated heterocycles. The molecule has 0 saturated carbocycles. The van der Waals surface area contributed by atoms with Crippen molar-refractivity contribution in [3.63, 3.8) is 0 Å². The van der Waals surface area contributed by atoms with Crippen LogP contribution in [0.5, 0.6) is 11.5 Å². The highest BCUT2D eigenvalue weighted by Gasteiger charge is 2.08. The summed E-state index contributed by atoms with van der Waals surface area (Å²) in [6.45, 7) is 2.00. The van der Waals surface area contributed by atoms with Gasteiger partial charge in [-0.3, -0.25) is 4.79 Å². The quantitative estimate of drug-likeness (QED) is 0.592. The second-order valence-electron chi connectivity index (χ2n) is 4.87. The highest BCUT2D eigenvalue weighted by molar-refractivity contribution is 9.10. The molecule has 0 bridgehead atoms. The summed E-state index contributed by atoms with van der Waals surface area (Å²) in [5, 5.41) is 3.11. The highest BCUT2D eigenvalue weighted by Crippen LogP contribution is 2.27. The molecule has 0 unspecified atom stereocenters. The standard InChI is InChI=1S/C18H18BrNO3/c1-12-10-14(19)5-6-15(12)20-9-8-16(21)13-4-7-17(22-2)18(11-13)23-3/h4-11,20H,1-3H3/b9-8+. The number of aryl methyl sites for hydroxylation is 1. The van der Waals surface area contributed by atoms with Gasteiger partial charge in [-0.1, -0.05) is 15.9 Å². The van der Waals surface area contributed by atoms with Crippen molar-refractivity contribution in [2.45, 2.75) is 6.92 Å². The minimum Gasteiger partial charge on any atom is -0.493 e. The molecule has 0 amide bonds. The van der Waals surface area contributed by atoms with Gasteiger partial charge in [-0.2, -0.15) is 0 Å². The number of halogens is 1. The molecule has 2 aromatic carbocycles. The lowest BCUT2D eigenvalue weighted by Gasteiger charge is -2.08. The van der Waals surface area contributed by atoms with E-state index in [1.807, 2.05) is 25.1 Å². The number of nitrogens with one attached hydrogen (secondary N) is 1. The van der Waals surface area contributed by atoms with Crippen LogP contribution in [-0.4, -0.2) is 20.0 Å². The summed E-state index contributed by atoms with van der Waals surface area (Å²) in [7, 11) is 3.10. The van der Waals surface area contributed by atoms with Crippen molar-refractivity contribution in [1.82, 2.24) is 0 Å². The largest absolute Gasteiger partial charge is 0.493 e. The zero-order chi connectivity index (χ0) is 16.8. The molecular weight excluding hydrogens is 358 g/mol. The van der Waals surface area contributed by atoms with Crippen LogP contribution in [0.3, 0.4) is 0 Å². The molecule has 0 aromatic heterocycles. The van der Waals surface area contributed by atoms with Crippen LogP contribution in [0, 0.1) is 6.92 Å². The van der Waals surface area contributed by atoms with Crippen LogP contribution in [0.2, 0.25) is 0 Å². The average Bonchev–Trinajstić information content (AvgIpc) is 2.56. The van der Waals surface area contributed by atoms with Crippen molar-refractivity contribution in [2.24, 2.45) is 0 Å². The number of methoxy groups -OCH3 is 2. The Morgan fingerprint density at radius 1 is 1.09 bits per heavy atom. The number of carbonyl (C=O) groups is 1. The summed E-state index contributed by atoms with van der Waals surface area (Å²) in [4.78, 5) is 12.2. The fourth-order valence-electron chi connectivity index (χ4n) is 2.08. The topological polar surface area (TPSA) is 47.6 Å². The molecule has 1 N–H and O–H groups in total. The lowest BCUT2D eigenvalue weighted by Crippen LogP contribution is -1.99. The Kier molecular flexibility index (Phi) is 5.82. The molecular formula is C18H18BrNO3. The molecule has 0 aliphatic heterocycles. The van der Waals surface area contributed by atoms with Gasteiger partial charge in [0, 0.05) is 28.0 Å². The molecule has 5 heteroatoms. The summed E-state index contributed by atoms with van der Waals surface area (Å²) >= 11 is 3.42. The van der Waals surface area contributed by atoms with Gasteiger partial charge in [0.2, 0.25) is 0 Å². The number of rotatable bonds is 6. The van der Waals surface area contributed by atoms with Crippen LogP contribution in [-0.2, 0) is 0 Å². The number of hydrogen-bond donors (Lipinski definition) is 1. The van der Waals surface area contributed by atoms with Crippen molar-refractivity contribution in [3.8, 4) is 11.5 Å². The number of hydrogen-bond acceptors (Lipinski definition) is 4. The molecule has 0 aliphatic carbocycles. The monoisotopic (exact) mass is 375 g/mol. The lowest BCUT2D eigenvalue weighted by molar-refractivity contribution is 0.104. The molecule has 0 radical (unpaired) electrons. The Morgan fingerprint density at radius 2 is 1.83 bits per heavy atom. The Morgan fingerprint density at radius 3 is 2.48 bits per heavy atom.